The second kappa shape index (κ2) is 8.58. The fourth-order valence-electron chi connectivity index (χ4n) is 2.85. The predicted octanol–water partition coefficient (Wildman–Crippen LogP) is 4.70. The number of alkyl halides is 2. The first-order chi connectivity index (χ1) is 12.8. The van der Waals surface area contributed by atoms with Crippen LogP contribution < -0.4 is 5.32 Å². The highest BCUT2D eigenvalue weighted by Gasteiger charge is 2.49. The van der Waals surface area contributed by atoms with E-state index in [9.17, 15) is 18.4 Å². The molecular formula is C21H22F2N2O2. The van der Waals surface area contributed by atoms with Gasteiger partial charge in [0.1, 0.15) is 0 Å². The highest BCUT2D eigenvalue weighted by atomic mass is 19.3. The summed E-state index contributed by atoms with van der Waals surface area (Å²) in [6.45, 7) is 10.8. The average molecular weight is 372 g/mol. The molecule has 1 aromatic carbocycles. The number of carbonyl (C=O) groups excluding carboxylic acids is 2. The third-order valence-electron chi connectivity index (χ3n) is 4.17. The van der Waals surface area contributed by atoms with Crippen molar-refractivity contribution in [3.05, 3.63) is 79.6 Å². The minimum absolute atomic E-state index is 0.180. The molecule has 0 saturated heterocycles. The van der Waals surface area contributed by atoms with Crippen molar-refractivity contribution in [2.75, 3.05) is 5.32 Å². The topological polar surface area (TPSA) is 49.4 Å². The zero-order valence-electron chi connectivity index (χ0n) is 15.0. The Morgan fingerprint density at radius 1 is 1.19 bits per heavy atom. The number of hydrogen-bond donors (Lipinski definition) is 1. The zero-order valence-corrected chi connectivity index (χ0v) is 15.0. The van der Waals surface area contributed by atoms with E-state index >= 15 is 0 Å². The van der Waals surface area contributed by atoms with Gasteiger partial charge in [-0.1, -0.05) is 25.3 Å². The van der Waals surface area contributed by atoms with Gasteiger partial charge in [0.2, 0.25) is 5.91 Å². The van der Waals surface area contributed by atoms with Gasteiger partial charge >= 0.3 is 0 Å². The molecule has 1 aliphatic carbocycles. The normalized spacial score (nSPS) is 16.0. The van der Waals surface area contributed by atoms with Crippen molar-refractivity contribution in [3.63, 3.8) is 0 Å². The molecule has 0 heterocycles. The van der Waals surface area contributed by atoms with Gasteiger partial charge in [0.25, 0.3) is 11.8 Å². The summed E-state index contributed by atoms with van der Waals surface area (Å²) in [5.74, 6) is -3.39. The van der Waals surface area contributed by atoms with Crippen LogP contribution in [0.4, 0.5) is 14.5 Å². The van der Waals surface area contributed by atoms with E-state index in [0.717, 1.165) is 0 Å². The summed E-state index contributed by atoms with van der Waals surface area (Å²) in [4.78, 5) is 25.9. The van der Waals surface area contributed by atoms with Crippen LogP contribution in [0.5, 0.6) is 0 Å². The first-order valence-electron chi connectivity index (χ1n) is 8.48. The maximum atomic E-state index is 13.4. The lowest BCUT2D eigenvalue weighted by Crippen LogP contribution is -2.52. The van der Waals surface area contributed by atoms with Crippen LogP contribution in [0.1, 0.15) is 29.6 Å². The Hall–Kier alpha value is -3.02. The molecule has 1 aromatic rings. The summed E-state index contributed by atoms with van der Waals surface area (Å²) < 4.78 is 26.7. The van der Waals surface area contributed by atoms with Gasteiger partial charge in [0, 0.05) is 42.3 Å². The number of amides is 2. The van der Waals surface area contributed by atoms with Gasteiger partial charge in [0.05, 0.1) is 0 Å². The van der Waals surface area contributed by atoms with E-state index in [1.807, 2.05) is 0 Å². The standard InChI is InChI=1S/C21H22F2N2O2/c1-4-7-17(6-3)25(18-13-21(22,23)14-18)20(27)15-9-11-16(12-10-15)24-19(26)8-5-2/h4-7,9-12,18H,1-3,8,13-14H2,(H,24,26)/b17-7+. The molecule has 1 fully saturated rings. The molecule has 27 heavy (non-hydrogen) atoms. The van der Waals surface area contributed by atoms with Crippen LogP contribution in [0.15, 0.2) is 74.0 Å². The fraction of sp³-hybridized carbons (Fsp3) is 0.238. The Kier molecular flexibility index (Phi) is 6.45. The zero-order chi connectivity index (χ0) is 20.0. The van der Waals surface area contributed by atoms with Crippen molar-refractivity contribution in [3.8, 4) is 0 Å². The molecule has 1 saturated carbocycles. The minimum atomic E-state index is -2.76. The largest absolute Gasteiger partial charge is 0.326 e. The van der Waals surface area contributed by atoms with Crippen LogP contribution in [0.2, 0.25) is 0 Å². The molecule has 0 atom stereocenters. The SMILES string of the molecule is C=C/C=C(\C=C)N(C(=O)c1ccc(NC(=O)CC=C)cc1)C1CC(F)(F)C1. The summed E-state index contributed by atoms with van der Waals surface area (Å²) in [5.41, 5.74) is 1.27. The molecule has 0 aromatic heterocycles. The quantitative estimate of drug-likeness (QED) is 0.531. The number of nitrogens with one attached hydrogen (secondary N) is 1. The Labute approximate surface area is 157 Å². The second-order valence-corrected chi connectivity index (χ2v) is 6.24. The van der Waals surface area contributed by atoms with Gasteiger partial charge < -0.3 is 10.2 Å². The molecule has 0 aliphatic heterocycles. The van der Waals surface area contributed by atoms with E-state index in [0.29, 0.717) is 16.9 Å². The Bertz CT molecular complexity index is 774. The van der Waals surface area contributed by atoms with Crippen LogP contribution in [0, 0.1) is 0 Å². The van der Waals surface area contributed by atoms with E-state index in [2.05, 4.69) is 25.1 Å². The Morgan fingerprint density at radius 3 is 2.30 bits per heavy atom. The van der Waals surface area contributed by atoms with Gasteiger partial charge in [-0.3, -0.25) is 9.59 Å². The Morgan fingerprint density at radius 2 is 1.81 bits per heavy atom. The molecule has 142 valence electrons. The van der Waals surface area contributed by atoms with Crippen molar-refractivity contribution < 1.29 is 18.4 Å². The molecular weight excluding hydrogens is 350 g/mol. The number of rotatable bonds is 8. The van der Waals surface area contributed by atoms with Crippen molar-refractivity contribution >= 4 is 17.5 Å². The number of allylic oxidation sites excluding steroid dienone is 3. The maximum absolute atomic E-state index is 13.4. The van der Waals surface area contributed by atoms with Crippen LogP contribution in [0.3, 0.4) is 0 Å². The van der Waals surface area contributed by atoms with E-state index < -0.39 is 30.7 Å². The Balaban J connectivity index is 2.23. The van der Waals surface area contributed by atoms with Gasteiger partial charge in [-0.05, 0) is 36.4 Å². The van der Waals surface area contributed by atoms with Crippen molar-refractivity contribution in [1.29, 1.82) is 0 Å². The third kappa shape index (κ3) is 5.00. The molecule has 0 unspecified atom stereocenters. The molecule has 2 rings (SSSR count). The number of carbonyl (C=O) groups is 2. The van der Waals surface area contributed by atoms with Crippen molar-refractivity contribution in [2.24, 2.45) is 0 Å². The fourth-order valence-corrected chi connectivity index (χ4v) is 2.85. The summed E-state index contributed by atoms with van der Waals surface area (Å²) in [7, 11) is 0. The van der Waals surface area contributed by atoms with Crippen LogP contribution in [-0.4, -0.2) is 28.7 Å². The lowest BCUT2D eigenvalue weighted by atomic mass is 9.86. The molecule has 6 heteroatoms. The number of benzene rings is 1. The molecule has 0 radical (unpaired) electrons. The number of halogens is 2. The second-order valence-electron chi connectivity index (χ2n) is 6.24. The first-order valence-corrected chi connectivity index (χ1v) is 8.48. The lowest BCUT2D eigenvalue weighted by Gasteiger charge is -2.43. The van der Waals surface area contributed by atoms with E-state index in [4.69, 9.17) is 0 Å². The number of nitrogens with zero attached hydrogens (tertiary/aromatic N) is 1. The maximum Gasteiger partial charge on any atom is 0.258 e. The van der Waals surface area contributed by atoms with Gasteiger partial charge in [-0.25, -0.2) is 8.78 Å². The summed E-state index contributed by atoms with van der Waals surface area (Å²) in [5, 5.41) is 2.67. The van der Waals surface area contributed by atoms with E-state index in [-0.39, 0.29) is 12.3 Å². The van der Waals surface area contributed by atoms with E-state index in [1.54, 1.807) is 30.3 Å². The summed E-state index contributed by atoms with van der Waals surface area (Å²) in [6.07, 6.45) is 5.37. The highest BCUT2D eigenvalue weighted by molar-refractivity contribution is 5.97. The lowest BCUT2D eigenvalue weighted by molar-refractivity contribution is -0.115. The molecule has 1 N–H and O–H groups in total. The number of hydrogen-bond acceptors (Lipinski definition) is 2. The van der Waals surface area contributed by atoms with Crippen molar-refractivity contribution in [2.45, 2.75) is 31.2 Å². The first kappa shape index (κ1) is 20.3. The monoisotopic (exact) mass is 372 g/mol. The predicted molar refractivity (Wildman–Crippen MR) is 103 cm³/mol. The summed E-state index contributed by atoms with van der Waals surface area (Å²) in [6, 6.07) is 5.66. The van der Waals surface area contributed by atoms with Crippen LogP contribution in [0.25, 0.3) is 0 Å². The van der Waals surface area contributed by atoms with E-state index in [1.165, 1.54) is 23.1 Å². The van der Waals surface area contributed by atoms with Crippen LogP contribution in [-0.2, 0) is 4.79 Å². The van der Waals surface area contributed by atoms with Gasteiger partial charge in [-0.2, -0.15) is 0 Å². The molecule has 0 bridgehead atoms. The van der Waals surface area contributed by atoms with Gasteiger partial charge in [0.15, 0.2) is 0 Å². The smallest absolute Gasteiger partial charge is 0.258 e. The molecule has 4 nitrogen and oxygen atoms in total. The average Bonchev–Trinajstić information content (AvgIpc) is 2.60. The molecule has 0 spiro atoms. The molecule has 2 amide bonds. The minimum Gasteiger partial charge on any atom is -0.326 e. The summed E-state index contributed by atoms with van der Waals surface area (Å²) >= 11 is 0. The number of anilines is 1. The van der Waals surface area contributed by atoms with Gasteiger partial charge in [-0.15, -0.1) is 6.58 Å². The third-order valence-corrected chi connectivity index (χ3v) is 4.17. The molecule has 1 aliphatic rings. The van der Waals surface area contributed by atoms with Crippen molar-refractivity contribution in [1.82, 2.24) is 4.90 Å². The van der Waals surface area contributed by atoms with Crippen LogP contribution >= 0.6 is 0 Å². The highest BCUT2D eigenvalue weighted by Crippen LogP contribution is 2.42.